The van der Waals surface area contributed by atoms with Crippen LogP contribution in [0.5, 0.6) is 0 Å². The van der Waals surface area contributed by atoms with E-state index in [1.165, 1.54) is 11.8 Å². The van der Waals surface area contributed by atoms with E-state index >= 15 is 0 Å². The Balaban J connectivity index is 1.86. The van der Waals surface area contributed by atoms with Crippen molar-refractivity contribution < 1.29 is 4.79 Å². The van der Waals surface area contributed by atoms with Crippen LogP contribution in [0.2, 0.25) is 5.02 Å². The van der Waals surface area contributed by atoms with Crippen LogP contribution in [0.1, 0.15) is 11.1 Å². The molecule has 0 aliphatic heterocycles. The number of nitriles is 1. The van der Waals surface area contributed by atoms with Crippen molar-refractivity contribution in [3.8, 4) is 6.07 Å². The molecule has 0 saturated carbocycles. The van der Waals surface area contributed by atoms with Gasteiger partial charge in [-0.25, -0.2) is 0 Å². The van der Waals surface area contributed by atoms with Gasteiger partial charge in [-0.05, 0) is 42.0 Å². The van der Waals surface area contributed by atoms with Crippen LogP contribution in [-0.4, -0.2) is 23.6 Å². The number of carbonyl (C=O) groups excluding carboxylic acids is 1. The Bertz CT molecular complexity index is 677. The number of amides is 1. The number of hydrogen-bond donors (Lipinski definition) is 0. The van der Waals surface area contributed by atoms with Gasteiger partial charge in [0.05, 0.1) is 17.4 Å². The monoisotopic (exact) mass is 330 g/mol. The van der Waals surface area contributed by atoms with Crippen LogP contribution in [0.25, 0.3) is 0 Å². The second-order valence-electron chi connectivity index (χ2n) is 4.80. The predicted octanol–water partition coefficient (Wildman–Crippen LogP) is 3.96. The summed E-state index contributed by atoms with van der Waals surface area (Å²) in [6.07, 6.45) is 0. The third kappa shape index (κ3) is 4.80. The Morgan fingerprint density at radius 3 is 2.41 bits per heavy atom. The normalized spacial score (nSPS) is 10.0. The van der Waals surface area contributed by atoms with Crippen molar-refractivity contribution in [3.05, 3.63) is 64.7 Å². The average molecular weight is 331 g/mol. The number of nitrogens with zero attached hydrogens (tertiary/aromatic N) is 2. The zero-order valence-corrected chi connectivity index (χ0v) is 13.7. The van der Waals surface area contributed by atoms with E-state index < -0.39 is 0 Å². The maximum atomic E-state index is 12.1. The largest absolute Gasteiger partial charge is 0.341 e. The average Bonchev–Trinajstić information content (AvgIpc) is 2.54. The molecule has 0 aliphatic rings. The maximum Gasteiger partial charge on any atom is 0.232 e. The Hall–Kier alpha value is -1.96. The molecule has 3 nitrogen and oxygen atoms in total. The third-order valence-corrected chi connectivity index (χ3v) is 4.35. The first-order valence-corrected chi connectivity index (χ1v) is 8.06. The van der Waals surface area contributed by atoms with Crippen molar-refractivity contribution in [1.82, 2.24) is 4.90 Å². The molecule has 0 saturated heterocycles. The lowest BCUT2D eigenvalue weighted by Crippen LogP contribution is -2.27. The van der Waals surface area contributed by atoms with Gasteiger partial charge in [-0.1, -0.05) is 23.7 Å². The van der Waals surface area contributed by atoms with E-state index in [9.17, 15) is 4.79 Å². The smallest absolute Gasteiger partial charge is 0.232 e. The highest BCUT2D eigenvalue weighted by molar-refractivity contribution is 8.00. The fourth-order valence-corrected chi connectivity index (χ4v) is 2.80. The van der Waals surface area contributed by atoms with E-state index in [0.717, 1.165) is 10.5 Å². The molecular formula is C17H15ClN2OS. The maximum absolute atomic E-state index is 12.1. The summed E-state index contributed by atoms with van der Waals surface area (Å²) < 4.78 is 0. The zero-order valence-electron chi connectivity index (χ0n) is 12.1. The van der Waals surface area contributed by atoms with Gasteiger partial charge in [0.15, 0.2) is 0 Å². The molecule has 2 aromatic carbocycles. The number of halogens is 1. The standard InChI is InChI=1S/C17H15ClN2OS/c1-20(11-14-4-2-13(10-19)3-5-14)17(21)12-22-16-8-6-15(18)7-9-16/h2-9H,11-12H2,1H3. The predicted molar refractivity (Wildman–Crippen MR) is 89.8 cm³/mol. The van der Waals surface area contributed by atoms with Crippen LogP contribution in [0.15, 0.2) is 53.4 Å². The second-order valence-corrected chi connectivity index (χ2v) is 6.29. The molecule has 0 aliphatic carbocycles. The molecule has 2 rings (SSSR count). The third-order valence-electron chi connectivity index (χ3n) is 3.10. The number of benzene rings is 2. The van der Waals surface area contributed by atoms with Gasteiger partial charge in [0.1, 0.15) is 0 Å². The second kappa shape index (κ2) is 7.88. The molecule has 0 atom stereocenters. The lowest BCUT2D eigenvalue weighted by atomic mass is 10.1. The first-order valence-electron chi connectivity index (χ1n) is 6.70. The van der Waals surface area contributed by atoms with E-state index in [4.69, 9.17) is 16.9 Å². The SMILES string of the molecule is CN(Cc1ccc(C#N)cc1)C(=O)CSc1ccc(Cl)cc1. The Morgan fingerprint density at radius 1 is 1.18 bits per heavy atom. The van der Waals surface area contributed by atoms with Crippen molar-refractivity contribution in [2.75, 3.05) is 12.8 Å². The minimum absolute atomic E-state index is 0.0595. The Morgan fingerprint density at radius 2 is 1.82 bits per heavy atom. The van der Waals surface area contributed by atoms with Crippen LogP contribution >= 0.6 is 23.4 Å². The summed E-state index contributed by atoms with van der Waals surface area (Å²) in [7, 11) is 1.78. The lowest BCUT2D eigenvalue weighted by Gasteiger charge is -2.17. The van der Waals surface area contributed by atoms with Crippen molar-refractivity contribution in [2.24, 2.45) is 0 Å². The minimum Gasteiger partial charge on any atom is -0.341 e. The Kier molecular flexibility index (Phi) is 5.88. The molecule has 1 amide bonds. The molecule has 0 aromatic heterocycles. The number of hydrogen-bond acceptors (Lipinski definition) is 3. The van der Waals surface area contributed by atoms with Gasteiger partial charge in [-0.2, -0.15) is 5.26 Å². The van der Waals surface area contributed by atoms with Gasteiger partial charge in [-0.3, -0.25) is 4.79 Å². The zero-order chi connectivity index (χ0) is 15.9. The molecule has 0 unspecified atom stereocenters. The van der Waals surface area contributed by atoms with Crippen molar-refractivity contribution in [3.63, 3.8) is 0 Å². The molecular weight excluding hydrogens is 316 g/mol. The van der Waals surface area contributed by atoms with Crippen LogP contribution in [0, 0.1) is 11.3 Å². The van der Waals surface area contributed by atoms with Crippen LogP contribution < -0.4 is 0 Å². The van der Waals surface area contributed by atoms with Gasteiger partial charge < -0.3 is 4.90 Å². The van der Waals surface area contributed by atoms with E-state index in [0.29, 0.717) is 22.9 Å². The first kappa shape index (κ1) is 16.4. The van der Waals surface area contributed by atoms with Crippen LogP contribution in [-0.2, 0) is 11.3 Å². The van der Waals surface area contributed by atoms with E-state index in [2.05, 4.69) is 6.07 Å². The molecule has 0 radical (unpaired) electrons. The molecule has 112 valence electrons. The van der Waals surface area contributed by atoms with E-state index in [1.807, 2.05) is 36.4 Å². The summed E-state index contributed by atoms with van der Waals surface area (Å²) in [5.74, 6) is 0.443. The fourth-order valence-electron chi connectivity index (χ4n) is 1.83. The molecule has 22 heavy (non-hydrogen) atoms. The van der Waals surface area contributed by atoms with E-state index in [-0.39, 0.29) is 5.91 Å². The molecule has 0 spiro atoms. The molecule has 5 heteroatoms. The van der Waals surface area contributed by atoms with Crippen molar-refractivity contribution >= 4 is 29.3 Å². The quantitative estimate of drug-likeness (QED) is 0.779. The molecule has 0 heterocycles. The molecule has 2 aromatic rings. The van der Waals surface area contributed by atoms with Crippen LogP contribution in [0.3, 0.4) is 0 Å². The summed E-state index contributed by atoms with van der Waals surface area (Å²) >= 11 is 7.32. The highest BCUT2D eigenvalue weighted by Crippen LogP contribution is 2.20. The number of thioether (sulfide) groups is 1. The van der Waals surface area contributed by atoms with Gasteiger partial charge in [0, 0.05) is 23.5 Å². The van der Waals surface area contributed by atoms with Crippen molar-refractivity contribution in [2.45, 2.75) is 11.4 Å². The summed E-state index contributed by atoms with van der Waals surface area (Å²) in [4.78, 5) is 14.8. The summed E-state index contributed by atoms with van der Waals surface area (Å²) in [5, 5.41) is 9.46. The highest BCUT2D eigenvalue weighted by atomic mass is 35.5. The van der Waals surface area contributed by atoms with Crippen molar-refractivity contribution in [1.29, 1.82) is 5.26 Å². The Labute approximate surface area is 139 Å². The minimum atomic E-state index is 0.0595. The molecule has 0 fully saturated rings. The topological polar surface area (TPSA) is 44.1 Å². The fraction of sp³-hybridized carbons (Fsp3) is 0.176. The summed E-state index contributed by atoms with van der Waals surface area (Å²) in [6.45, 7) is 0.533. The molecule has 0 bridgehead atoms. The highest BCUT2D eigenvalue weighted by Gasteiger charge is 2.10. The number of rotatable bonds is 5. The van der Waals surface area contributed by atoms with Gasteiger partial charge >= 0.3 is 0 Å². The summed E-state index contributed by atoms with van der Waals surface area (Å²) in [6, 6.07) is 16.8. The van der Waals surface area contributed by atoms with Gasteiger partial charge in [0.2, 0.25) is 5.91 Å². The number of carbonyl (C=O) groups is 1. The van der Waals surface area contributed by atoms with Gasteiger partial charge in [0.25, 0.3) is 0 Å². The summed E-state index contributed by atoms with van der Waals surface area (Å²) in [5.41, 5.74) is 1.63. The lowest BCUT2D eigenvalue weighted by molar-refractivity contribution is -0.127. The van der Waals surface area contributed by atoms with Gasteiger partial charge in [-0.15, -0.1) is 11.8 Å². The van der Waals surface area contributed by atoms with Crippen LogP contribution in [0.4, 0.5) is 0 Å². The first-order chi connectivity index (χ1) is 10.6. The molecule has 0 N–H and O–H groups in total. The van der Waals surface area contributed by atoms with E-state index in [1.54, 1.807) is 24.1 Å².